The predicted molar refractivity (Wildman–Crippen MR) is 61.8 cm³/mol. The Bertz CT molecular complexity index is 506. The van der Waals surface area contributed by atoms with Crippen molar-refractivity contribution >= 4 is 29.0 Å². The molecule has 0 aliphatic heterocycles. The highest BCUT2D eigenvalue weighted by Crippen LogP contribution is 2.19. The quantitative estimate of drug-likeness (QED) is 0.761. The van der Waals surface area contributed by atoms with E-state index in [1.54, 1.807) is 24.3 Å². The number of primary amides is 1. The molecule has 0 saturated heterocycles. The van der Waals surface area contributed by atoms with E-state index >= 15 is 0 Å². The van der Waals surface area contributed by atoms with E-state index in [-0.39, 0.29) is 0 Å². The number of nitrogens with one attached hydrogen (secondary N) is 2. The van der Waals surface area contributed by atoms with Crippen LogP contribution in [-0.2, 0) is 0 Å². The average Bonchev–Trinajstić information content (AvgIpc) is 2.69. The third kappa shape index (κ3) is 2.14. The van der Waals surface area contributed by atoms with Gasteiger partial charge in [0.1, 0.15) is 11.4 Å². The van der Waals surface area contributed by atoms with Crippen molar-refractivity contribution in [1.82, 2.24) is 10.2 Å². The summed E-state index contributed by atoms with van der Waals surface area (Å²) >= 11 is 5.75. The zero-order chi connectivity index (χ0) is 11.5. The molecule has 1 aromatic heterocycles. The number of nitrogens with two attached hydrogens (primary N) is 1. The summed E-state index contributed by atoms with van der Waals surface area (Å²) < 4.78 is 0. The number of H-pyrrole nitrogens is 1. The number of hydrogen-bond donors (Lipinski definition) is 3. The van der Waals surface area contributed by atoms with Crippen LogP contribution in [0.25, 0.3) is 0 Å². The van der Waals surface area contributed by atoms with Crippen LogP contribution in [0.5, 0.6) is 0 Å². The van der Waals surface area contributed by atoms with E-state index < -0.39 is 5.91 Å². The topological polar surface area (TPSA) is 83.8 Å². The van der Waals surface area contributed by atoms with Crippen LogP contribution in [0, 0.1) is 0 Å². The molecular weight excluding hydrogens is 228 g/mol. The first-order valence-corrected chi connectivity index (χ1v) is 4.90. The second-order valence-corrected chi connectivity index (χ2v) is 3.59. The van der Waals surface area contributed by atoms with Crippen molar-refractivity contribution in [3.8, 4) is 0 Å². The van der Waals surface area contributed by atoms with Crippen molar-refractivity contribution in [3.63, 3.8) is 0 Å². The van der Waals surface area contributed by atoms with Crippen LogP contribution in [0.4, 0.5) is 11.5 Å². The summed E-state index contributed by atoms with van der Waals surface area (Å²) in [6.45, 7) is 0. The highest BCUT2D eigenvalue weighted by Gasteiger charge is 2.10. The Balaban J connectivity index is 2.23. The van der Waals surface area contributed by atoms with Gasteiger partial charge in [-0.15, -0.1) is 0 Å². The fraction of sp³-hybridized carbons (Fsp3) is 0. The molecule has 4 N–H and O–H groups in total. The highest BCUT2D eigenvalue weighted by molar-refractivity contribution is 6.30. The van der Waals surface area contributed by atoms with Crippen LogP contribution in [-0.4, -0.2) is 16.1 Å². The first-order chi connectivity index (χ1) is 7.66. The number of nitrogens with zero attached hydrogens (tertiary/aromatic N) is 1. The van der Waals surface area contributed by atoms with Crippen molar-refractivity contribution in [2.75, 3.05) is 5.32 Å². The van der Waals surface area contributed by atoms with Gasteiger partial charge in [0, 0.05) is 10.7 Å². The molecule has 16 heavy (non-hydrogen) atoms. The molecule has 0 atom stereocenters. The summed E-state index contributed by atoms with van der Waals surface area (Å²) in [5.41, 5.74) is 6.28. The normalized spacial score (nSPS) is 10.1. The molecule has 0 spiro atoms. The SMILES string of the molecule is NC(=O)c1cn[nH]c1Nc1ccc(Cl)cc1. The van der Waals surface area contributed by atoms with Gasteiger partial charge in [-0.25, -0.2) is 0 Å². The van der Waals surface area contributed by atoms with Gasteiger partial charge in [0.05, 0.1) is 6.20 Å². The average molecular weight is 237 g/mol. The molecule has 2 rings (SSSR count). The standard InChI is InChI=1S/C10H9ClN4O/c11-6-1-3-7(4-2-6)14-10-8(9(12)16)5-13-15-10/h1-5H,(H2,12,16)(H2,13,14,15). The lowest BCUT2D eigenvalue weighted by Crippen LogP contribution is -2.11. The Morgan fingerprint density at radius 2 is 2.06 bits per heavy atom. The Morgan fingerprint density at radius 3 is 2.69 bits per heavy atom. The van der Waals surface area contributed by atoms with Gasteiger partial charge in [-0.1, -0.05) is 11.6 Å². The van der Waals surface area contributed by atoms with Crippen LogP contribution in [0.15, 0.2) is 30.5 Å². The van der Waals surface area contributed by atoms with Gasteiger partial charge in [0.25, 0.3) is 5.91 Å². The van der Waals surface area contributed by atoms with Crippen molar-refractivity contribution in [2.24, 2.45) is 5.73 Å². The molecule has 0 bridgehead atoms. The number of aromatic nitrogens is 2. The molecule has 82 valence electrons. The second-order valence-electron chi connectivity index (χ2n) is 3.15. The monoisotopic (exact) mass is 236 g/mol. The maximum atomic E-state index is 11.0. The third-order valence-corrected chi connectivity index (χ3v) is 2.27. The van der Waals surface area contributed by atoms with Gasteiger partial charge in [0.2, 0.25) is 0 Å². The Labute approximate surface area is 96.6 Å². The number of rotatable bonds is 3. The van der Waals surface area contributed by atoms with Crippen LogP contribution in [0.3, 0.4) is 0 Å². The van der Waals surface area contributed by atoms with Crippen molar-refractivity contribution in [2.45, 2.75) is 0 Å². The predicted octanol–water partition coefficient (Wildman–Crippen LogP) is 1.91. The summed E-state index contributed by atoms with van der Waals surface area (Å²) in [6, 6.07) is 7.05. The molecule has 6 heteroatoms. The van der Waals surface area contributed by atoms with Crippen LogP contribution < -0.4 is 11.1 Å². The summed E-state index contributed by atoms with van der Waals surface area (Å²) in [6.07, 6.45) is 1.38. The zero-order valence-corrected chi connectivity index (χ0v) is 8.95. The minimum absolute atomic E-state index is 0.315. The maximum Gasteiger partial charge on any atom is 0.254 e. The number of hydrogen-bond acceptors (Lipinski definition) is 3. The largest absolute Gasteiger partial charge is 0.365 e. The third-order valence-electron chi connectivity index (χ3n) is 2.02. The van der Waals surface area contributed by atoms with Crippen LogP contribution in [0.2, 0.25) is 5.02 Å². The number of anilines is 2. The van der Waals surface area contributed by atoms with Gasteiger partial charge in [-0.3, -0.25) is 9.89 Å². The molecule has 1 heterocycles. The fourth-order valence-corrected chi connectivity index (χ4v) is 1.37. The fourth-order valence-electron chi connectivity index (χ4n) is 1.25. The molecule has 0 aliphatic rings. The number of halogens is 1. The summed E-state index contributed by atoms with van der Waals surface area (Å²) in [5.74, 6) is -0.0694. The lowest BCUT2D eigenvalue weighted by atomic mass is 10.3. The van der Waals surface area contributed by atoms with E-state index in [0.29, 0.717) is 16.4 Å². The number of benzene rings is 1. The van der Waals surface area contributed by atoms with Gasteiger partial charge in [-0.2, -0.15) is 5.10 Å². The molecule has 1 amide bonds. The highest BCUT2D eigenvalue weighted by atomic mass is 35.5. The second kappa shape index (κ2) is 4.24. The first kappa shape index (κ1) is 10.5. The number of carbonyl (C=O) groups excluding carboxylic acids is 1. The molecule has 0 fully saturated rings. The number of aromatic amines is 1. The molecular formula is C10H9ClN4O. The van der Waals surface area contributed by atoms with E-state index in [2.05, 4.69) is 15.5 Å². The van der Waals surface area contributed by atoms with E-state index in [1.807, 2.05) is 0 Å². The smallest absolute Gasteiger partial charge is 0.254 e. The Kier molecular flexibility index (Phi) is 2.78. The van der Waals surface area contributed by atoms with Crippen LogP contribution in [0.1, 0.15) is 10.4 Å². The first-order valence-electron chi connectivity index (χ1n) is 4.52. The molecule has 1 aromatic carbocycles. The van der Waals surface area contributed by atoms with Crippen molar-refractivity contribution in [1.29, 1.82) is 0 Å². The van der Waals surface area contributed by atoms with E-state index in [9.17, 15) is 4.79 Å². The van der Waals surface area contributed by atoms with Crippen LogP contribution >= 0.6 is 11.6 Å². The molecule has 0 radical (unpaired) electrons. The van der Waals surface area contributed by atoms with Gasteiger partial charge < -0.3 is 11.1 Å². The Hall–Kier alpha value is -2.01. The molecule has 2 aromatic rings. The summed E-state index contributed by atoms with van der Waals surface area (Å²) in [7, 11) is 0. The minimum atomic E-state index is -0.537. The van der Waals surface area contributed by atoms with Crippen molar-refractivity contribution in [3.05, 3.63) is 41.0 Å². The summed E-state index contributed by atoms with van der Waals surface area (Å²) in [5, 5.41) is 10.0. The van der Waals surface area contributed by atoms with E-state index in [0.717, 1.165) is 5.69 Å². The molecule has 5 nitrogen and oxygen atoms in total. The minimum Gasteiger partial charge on any atom is -0.365 e. The lowest BCUT2D eigenvalue weighted by molar-refractivity contribution is 0.100. The summed E-state index contributed by atoms with van der Waals surface area (Å²) in [4.78, 5) is 11.0. The number of amides is 1. The molecule has 0 saturated carbocycles. The molecule has 0 aliphatic carbocycles. The van der Waals surface area contributed by atoms with Crippen molar-refractivity contribution < 1.29 is 4.79 Å². The lowest BCUT2D eigenvalue weighted by Gasteiger charge is -2.04. The van der Waals surface area contributed by atoms with Gasteiger partial charge in [0.15, 0.2) is 0 Å². The van der Waals surface area contributed by atoms with E-state index in [1.165, 1.54) is 6.20 Å². The van der Waals surface area contributed by atoms with E-state index in [4.69, 9.17) is 17.3 Å². The Morgan fingerprint density at radius 1 is 1.38 bits per heavy atom. The van der Waals surface area contributed by atoms with Gasteiger partial charge in [-0.05, 0) is 24.3 Å². The zero-order valence-electron chi connectivity index (χ0n) is 8.20. The number of carbonyl (C=O) groups is 1. The molecule has 0 unspecified atom stereocenters. The van der Waals surface area contributed by atoms with Gasteiger partial charge >= 0.3 is 0 Å². The maximum absolute atomic E-state index is 11.0.